The molecule has 0 aromatic carbocycles. The molecule has 0 amide bonds. The van der Waals surface area contributed by atoms with Crippen molar-refractivity contribution in [1.29, 1.82) is 0 Å². The second-order valence-corrected chi connectivity index (χ2v) is 4.56. The summed E-state index contributed by atoms with van der Waals surface area (Å²) in [5, 5.41) is 0. The Bertz CT molecular complexity index is 475. The molecule has 3 rings (SSSR count). The highest BCUT2D eigenvalue weighted by Gasteiger charge is 2.30. The number of ether oxygens (including phenoxy) is 1. The van der Waals surface area contributed by atoms with Gasteiger partial charge in [-0.25, -0.2) is 0 Å². The molecule has 6 heteroatoms. The molecule has 17 heavy (non-hydrogen) atoms. The fourth-order valence-electron chi connectivity index (χ4n) is 2.18. The molecule has 92 valence electrons. The van der Waals surface area contributed by atoms with Gasteiger partial charge < -0.3 is 15.4 Å². The Kier molecular flexibility index (Phi) is 2.51. The van der Waals surface area contributed by atoms with E-state index in [-0.39, 0.29) is 5.56 Å². The zero-order valence-corrected chi connectivity index (χ0v) is 9.61. The highest BCUT2D eigenvalue weighted by Crippen LogP contribution is 2.40. The van der Waals surface area contributed by atoms with Gasteiger partial charge in [-0.1, -0.05) is 0 Å². The van der Waals surface area contributed by atoms with Gasteiger partial charge in [0.2, 0.25) is 5.95 Å². The topological polar surface area (TPSA) is 84.2 Å². The number of nitrogen functional groups attached to an aromatic ring is 1. The number of H-pyrrole nitrogens is 1. The van der Waals surface area contributed by atoms with Crippen LogP contribution in [-0.4, -0.2) is 36.3 Å². The lowest BCUT2D eigenvalue weighted by atomic mass is 10.2. The number of anilines is 2. The molecule has 1 aliphatic heterocycles. The fraction of sp³-hybridized carbons (Fsp3) is 0.636. The number of nitrogens with one attached hydrogen (secondary N) is 1. The average Bonchev–Trinajstić information content (AvgIpc) is 3.14. The van der Waals surface area contributed by atoms with E-state index < -0.39 is 0 Å². The lowest BCUT2D eigenvalue weighted by molar-refractivity contribution is 0.122. The molecule has 0 atom stereocenters. The minimum atomic E-state index is -0.0820. The zero-order valence-electron chi connectivity index (χ0n) is 9.61. The largest absolute Gasteiger partial charge is 0.383 e. The number of nitrogens with zero attached hydrogens (tertiary/aromatic N) is 2. The molecular weight excluding hydrogens is 220 g/mol. The molecule has 3 N–H and O–H groups in total. The molecule has 1 aliphatic carbocycles. The molecule has 6 nitrogen and oxygen atoms in total. The van der Waals surface area contributed by atoms with E-state index in [4.69, 9.17) is 10.5 Å². The van der Waals surface area contributed by atoms with Gasteiger partial charge in [-0.05, 0) is 18.8 Å². The van der Waals surface area contributed by atoms with Crippen molar-refractivity contribution in [2.45, 2.75) is 18.8 Å². The molecule has 0 bridgehead atoms. The summed E-state index contributed by atoms with van der Waals surface area (Å²) in [6, 6.07) is 0. The molecule has 2 aliphatic rings. The summed E-state index contributed by atoms with van der Waals surface area (Å²) in [5.74, 6) is 1.28. The van der Waals surface area contributed by atoms with E-state index in [0.29, 0.717) is 36.5 Å². The summed E-state index contributed by atoms with van der Waals surface area (Å²) in [6.45, 7) is 2.80. The molecule has 2 heterocycles. The summed E-state index contributed by atoms with van der Waals surface area (Å²) in [7, 11) is 0. The molecule has 0 unspecified atom stereocenters. The summed E-state index contributed by atoms with van der Waals surface area (Å²) >= 11 is 0. The summed E-state index contributed by atoms with van der Waals surface area (Å²) in [4.78, 5) is 21.1. The maximum Gasteiger partial charge on any atom is 0.257 e. The highest BCUT2D eigenvalue weighted by molar-refractivity contribution is 5.47. The monoisotopic (exact) mass is 236 g/mol. The smallest absolute Gasteiger partial charge is 0.257 e. The van der Waals surface area contributed by atoms with Crippen LogP contribution in [0.3, 0.4) is 0 Å². The Morgan fingerprint density at radius 3 is 2.65 bits per heavy atom. The number of morpholine rings is 1. The third-order valence-electron chi connectivity index (χ3n) is 3.27. The lowest BCUT2D eigenvalue weighted by Crippen LogP contribution is -2.38. The van der Waals surface area contributed by atoms with Crippen molar-refractivity contribution < 1.29 is 4.74 Å². The predicted octanol–water partition coefficient (Wildman–Crippen LogP) is 0.0661. The van der Waals surface area contributed by atoms with Gasteiger partial charge in [0.1, 0.15) is 5.82 Å². The Labute approximate surface area is 98.8 Å². The summed E-state index contributed by atoms with van der Waals surface area (Å²) in [6.07, 6.45) is 2.09. The van der Waals surface area contributed by atoms with Gasteiger partial charge in [-0.2, -0.15) is 4.98 Å². The number of aromatic amines is 1. The molecule has 0 radical (unpaired) electrons. The first-order valence-corrected chi connectivity index (χ1v) is 5.98. The van der Waals surface area contributed by atoms with Crippen LogP contribution in [0.5, 0.6) is 0 Å². The Morgan fingerprint density at radius 1 is 1.35 bits per heavy atom. The third-order valence-corrected chi connectivity index (χ3v) is 3.27. The minimum Gasteiger partial charge on any atom is -0.383 e. The first kappa shape index (κ1) is 10.6. The van der Waals surface area contributed by atoms with Crippen LogP contribution >= 0.6 is 0 Å². The van der Waals surface area contributed by atoms with Crippen molar-refractivity contribution in [1.82, 2.24) is 9.97 Å². The number of hydrogen-bond donors (Lipinski definition) is 2. The van der Waals surface area contributed by atoms with E-state index in [1.165, 1.54) is 0 Å². The van der Waals surface area contributed by atoms with Crippen LogP contribution in [0.25, 0.3) is 0 Å². The number of aromatic nitrogens is 2. The van der Waals surface area contributed by atoms with Crippen molar-refractivity contribution in [3.05, 3.63) is 15.9 Å². The molecule has 2 fully saturated rings. The SMILES string of the molecule is Nc1nc(N2CCOCC2)[nH]c(=O)c1C1CC1. The van der Waals surface area contributed by atoms with Crippen LogP contribution in [0.15, 0.2) is 4.79 Å². The van der Waals surface area contributed by atoms with Gasteiger partial charge in [-0.15, -0.1) is 0 Å². The molecule has 1 saturated heterocycles. The maximum absolute atomic E-state index is 12.0. The van der Waals surface area contributed by atoms with Gasteiger partial charge in [0.25, 0.3) is 5.56 Å². The first-order chi connectivity index (χ1) is 8.25. The molecule has 1 aromatic heterocycles. The fourth-order valence-corrected chi connectivity index (χ4v) is 2.18. The molecule has 1 saturated carbocycles. The van der Waals surface area contributed by atoms with E-state index in [2.05, 4.69) is 9.97 Å². The average molecular weight is 236 g/mol. The van der Waals surface area contributed by atoms with Crippen LogP contribution < -0.4 is 16.2 Å². The normalized spacial score (nSPS) is 20.6. The van der Waals surface area contributed by atoms with Crippen molar-refractivity contribution in [3.63, 3.8) is 0 Å². The van der Waals surface area contributed by atoms with E-state index in [1.54, 1.807) is 0 Å². The summed E-state index contributed by atoms with van der Waals surface area (Å²) < 4.78 is 5.26. The van der Waals surface area contributed by atoms with Gasteiger partial charge in [0, 0.05) is 13.1 Å². The van der Waals surface area contributed by atoms with Crippen molar-refractivity contribution >= 4 is 11.8 Å². The quantitative estimate of drug-likeness (QED) is 0.759. The maximum atomic E-state index is 12.0. The predicted molar refractivity (Wildman–Crippen MR) is 64.3 cm³/mol. The molecule has 1 aromatic rings. The van der Waals surface area contributed by atoms with Crippen LogP contribution in [0.1, 0.15) is 24.3 Å². The van der Waals surface area contributed by atoms with E-state index in [0.717, 1.165) is 25.9 Å². The van der Waals surface area contributed by atoms with Gasteiger partial charge in [0.05, 0.1) is 18.8 Å². The van der Waals surface area contributed by atoms with Crippen LogP contribution in [0, 0.1) is 0 Å². The van der Waals surface area contributed by atoms with Crippen molar-refractivity contribution in [2.75, 3.05) is 36.9 Å². The minimum absolute atomic E-state index is 0.0820. The van der Waals surface area contributed by atoms with Crippen LogP contribution in [0.4, 0.5) is 11.8 Å². The highest BCUT2D eigenvalue weighted by atomic mass is 16.5. The zero-order chi connectivity index (χ0) is 11.8. The van der Waals surface area contributed by atoms with Crippen molar-refractivity contribution in [3.8, 4) is 0 Å². The molecule has 0 spiro atoms. The Balaban J connectivity index is 1.93. The lowest BCUT2D eigenvalue weighted by Gasteiger charge is -2.27. The Morgan fingerprint density at radius 2 is 2.06 bits per heavy atom. The van der Waals surface area contributed by atoms with E-state index >= 15 is 0 Å². The Hall–Kier alpha value is -1.56. The van der Waals surface area contributed by atoms with E-state index in [9.17, 15) is 4.79 Å². The first-order valence-electron chi connectivity index (χ1n) is 5.98. The number of hydrogen-bond acceptors (Lipinski definition) is 5. The second-order valence-electron chi connectivity index (χ2n) is 4.56. The molecular formula is C11H16N4O2. The third kappa shape index (κ3) is 2.00. The van der Waals surface area contributed by atoms with Crippen LogP contribution in [0.2, 0.25) is 0 Å². The number of rotatable bonds is 2. The standard InChI is InChI=1S/C11H16N4O2/c12-9-8(7-1-2-7)10(16)14-11(13-9)15-3-5-17-6-4-15/h7H,1-6H2,(H3,12,13,14,16). The number of nitrogens with two attached hydrogens (primary N) is 1. The van der Waals surface area contributed by atoms with Crippen LogP contribution in [-0.2, 0) is 4.74 Å². The summed E-state index contributed by atoms with van der Waals surface area (Å²) in [5.41, 5.74) is 6.47. The van der Waals surface area contributed by atoms with Gasteiger partial charge in [0.15, 0.2) is 0 Å². The second kappa shape index (κ2) is 4.03. The van der Waals surface area contributed by atoms with Gasteiger partial charge in [-0.3, -0.25) is 9.78 Å². The van der Waals surface area contributed by atoms with Crippen molar-refractivity contribution in [2.24, 2.45) is 0 Å². The van der Waals surface area contributed by atoms with Gasteiger partial charge >= 0.3 is 0 Å². The van der Waals surface area contributed by atoms with E-state index in [1.807, 2.05) is 4.90 Å².